The summed E-state index contributed by atoms with van der Waals surface area (Å²) in [6.07, 6.45) is 10.1. The first kappa shape index (κ1) is 30.0. The van der Waals surface area contributed by atoms with Crippen LogP contribution in [0, 0.1) is 5.92 Å². The van der Waals surface area contributed by atoms with Gasteiger partial charge in [-0.3, -0.25) is 19.1 Å². The Labute approximate surface area is 268 Å². The van der Waals surface area contributed by atoms with Crippen LogP contribution in [0.4, 0.5) is 0 Å². The molecule has 10 nitrogen and oxygen atoms in total. The second-order valence-electron chi connectivity index (χ2n) is 12.9. The maximum atomic E-state index is 14.1. The molecule has 0 bridgehead atoms. The first-order chi connectivity index (χ1) is 22.4. The summed E-state index contributed by atoms with van der Waals surface area (Å²) in [4.78, 5) is 44.3. The van der Waals surface area contributed by atoms with Crippen LogP contribution in [0.25, 0.3) is 22.2 Å². The van der Waals surface area contributed by atoms with Crippen molar-refractivity contribution in [1.82, 2.24) is 33.9 Å². The van der Waals surface area contributed by atoms with E-state index < -0.39 is 5.60 Å². The zero-order chi connectivity index (χ0) is 31.7. The van der Waals surface area contributed by atoms with Gasteiger partial charge in [0.15, 0.2) is 0 Å². The summed E-state index contributed by atoms with van der Waals surface area (Å²) in [5.74, 6) is 0.0901. The summed E-state index contributed by atoms with van der Waals surface area (Å²) < 4.78 is 3.32. The highest BCUT2D eigenvalue weighted by Crippen LogP contribution is 2.36. The smallest absolute Gasteiger partial charge is 0.262 e. The van der Waals surface area contributed by atoms with Crippen molar-refractivity contribution in [3.63, 3.8) is 0 Å². The molecular weight excluding hydrogens is 578 g/mol. The Hall–Kier alpha value is -4.67. The third kappa shape index (κ3) is 6.10. The Morgan fingerprint density at radius 1 is 0.978 bits per heavy atom. The van der Waals surface area contributed by atoms with Crippen LogP contribution < -0.4 is 5.56 Å². The molecule has 10 heteroatoms. The molecule has 0 unspecified atom stereocenters. The van der Waals surface area contributed by atoms with Crippen LogP contribution in [-0.2, 0) is 24.9 Å². The monoisotopic (exact) mass is 617 g/mol. The summed E-state index contributed by atoms with van der Waals surface area (Å²) in [6.45, 7) is 3.50. The number of benzene rings is 2. The molecule has 5 heterocycles. The van der Waals surface area contributed by atoms with Gasteiger partial charge in [0.05, 0.1) is 17.5 Å². The number of aliphatic hydroxyl groups is 1. The highest BCUT2D eigenvalue weighted by Gasteiger charge is 2.41. The van der Waals surface area contributed by atoms with E-state index in [1.165, 1.54) is 22.0 Å². The minimum atomic E-state index is -1.08. The van der Waals surface area contributed by atoms with Gasteiger partial charge >= 0.3 is 0 Å². The van der Waals surface area contributed by atoms with Gasteiger partial charge in [0.25, 0.3) is 5.56 Å². The fourth-order valence-electron chi connectivity index (χ4n) is 7.20. The number of fused-ring (bicyclic) bond motifs is 1. The molecule has 2 saturated heterocycles. The predicted molar refractivity (Wildman–Crippen MR) is 176 cm³/mol. The molecule has 7 rings (SSSR count). The molecule has 1 N–H and O–H groups in total. The van der Waals surface area contributed by atoms with Crippen LogP contribution >= 0.6 is 0 Å². The van der Waals surface area contributed by atoms with Gasteiger partial charge in [-0.2, -0.15) is 0 Å². The second kappa shape index (κ2) is 12.6. The standard InChI is InChI=1S/C36H39N7O3/c1-40-14-10-31-33(40)39-25-43(35(31)45)23-36(46)12-16-42(17-13-36)34(44)30-11-15-41(22-32(30)27-7-3-2-4-8-27)21-26-6-5-9-28(18-26)29-19-37-24-38-20-29/h2-10,14,18-20,24-25,30,32,46H,11-13,15-17,21-23H2,1H3/t30-,32+/m1/s1. The molecule has 1 amide bonds. The molecule has 2 aliphatic rings. The lowest BCUT2D eigenvalue weighted by Crippen LogP contribution is -2.53. The van der Waals surface area contributed by atoms with Gasteiger partial charge < -0.3 is 14.6 Å². The Kier molecular flexibility index (Phi) is 8.23. The van der Waals surface area contributed by atoms with Crippen LogP contribution in [0.1, 0.15) is 36.3 Å². The van der Waals surface area contributed by atoms with E-state index in [0.29, 0.717) is 37.0 Å². The minimum Gasteiger partial charge on any atom is -0.388 e. The number of hydrogen-bond acceptors (Lipinski definition) is 7. The maximum absolute atomic E-state index is 14.1. The van der Waals surface area contributed by atoms with Gasteiger partial charge in [-0.25, -0.2) is 15.0 Å². The number of carbonyl (C=O) groups excluding carboxylic acids is 1. The fourth-order valence-corrected chi connectivity index (χ4v) is 7.20. The van der Waals surface area contributed by atoms with E-state index >= 15 is 0 Å². The highest BCUT2D eigenvalue weighted by molar-refractivity contribution is 5.80. The Morgan fingerprint density at radius 3 is 2.54 bits per heavy atom. The summed E-state index contributed by atoms with van der Waals surface area (Å²) in [5.41, 5.74) is 3.87. The summed E-state index contributed by atoms with van der Waals surface area (Å²) in [7, 11) is 1.85. The third-order valence-corrected chi connectivity index (χ3v) is 9.79. The van der Waals surface area contributed by atoms with Gasteiger partial charge in [0.2, 0.25) is 5.91 Å². The highest BCUT2D eigenvalue weighted by atomic mass is 16.3. The normalized spacial score (nSPS) is 20.2. The van der Waals surface area contributed by atoms with Gasteiger partial charge in [-0.15, -0.1) is 0 Å². The van der Waals surface area contributed by atoms with Crippen molar-refractivity contribution in [2.45, 2.75) is 43.9 Å². The molecule has 46 heavy (non-hydrogen) atoms. The summed E-state index contributed by atoms with van der Waals surface area (Å²) in [5, 5.41) is 12.0. The third-order valence-electron chi connectivity index (χ3n) is 9.79. The molecule has 2 atom stereocenters. The summed E-state index contributed by atoms with van der Waals surface area (Å²) >= 11 is 0. The molecule has 2 aliphatic heterocycles. The first-order valence-corrected chi connectivity index (χ1v) is 16.0. The summed E-state index contributed by atoms with van der Waals surface area (Å²) in [6, 6.07) is 20.6. The van der Waals surface area contributed by atoms with Crippen molar-refractivity contribution >= 4 is 16.9 Å². The van der Waals surface area contributed by atoms with Crippen molar-refractivity contribution < 1.29 is 9.90 Å². The van der Waals surface area contributed by atoms with Crippen LogP contribution in [0.2, 0.25) is 0 Å². The lowest BCUT2D eigenvalue weighted by Gasteiger charge is -2.43. The predicted octanol–water partition coefficient (Wildman–Crippen LogP) is 3.85. The number of aryl methyl sites for hydroxylation is 1. The topological polar surface area (TPSA) is 109 Å². The van der Waals surface area contributed by atoms with Crippen LogP contribution in [0.3, 0.4) is 0 Å². The average molecular weight is 618 g/mol. The lowest BCUT2D eigenvalue weighted by molar-refractivity contribution is -0.142. The molecule has 0 radical (unpaired) electrons. The molecule has 0 saturated carbocycles. The van der Waals surface area contributed by atoms with Gasteiger partial charge in [-0.05, 0) is 54.6 Å². The van der Waals surface area contributed by atoms with E-state index in [1.54, 1.807) is 12.4 Å². The average Bonchev–Trinajstić information content (AvgIpc) is 3.48. The maximum Gasteiger partial charge on any atom is 0.262 e. The van der Waals surface area contributed by atoms with Gasteiger partial charge in [0, 0.05) is 69.2 Å². The van der Waals surface area contributed by atoms with E-state index in [4.69, 9.17) is 0 Å². The van der Waals surface area contributed by atoms with Crippen LogP contribution in [0.15, 0.2) is 96.7 Å². The van der Waals surface area contributed by atoms with Crippen molar-refractivity contribution in [2.75, 3.05) is 26.2 Å². The fraction of sp³-hybridized carbons (Fsp3) is 0.361. The van der Waals surface area contributed by atoms with Gasteiger partial charge in [0.1, 0.15) is 18.3 Å². The van der Waals surface area contributed by atoms with Crippen molar-refractivity contribution in [1.29, 1.82) is 0 Å². The van der Waals surface area contributed by atoms with E-state index in [1.807, 2.05) is 53.3 Å². The molecule has 2 fully saturated rings. The Morgan fingerprint density at radius 2 is 1.76 bits per heavy atom. The minimum absolute atomic E-state index is 0.0659. The number of aromatic nitrogens is 5. The molecule has 2 aromatic carbocycles. The number of carbonyl (C=O) groups is 1. The van der Waals surface area contributed by atoms with Crippen molar-refractivity contribution in [3.05, 3.63) is 113 Å². The second-order valence-corrected chi connectivity index (χ2v) is 12.9. The quantitative estimate of drug-likeness (QED) is 0.296. The van der Waals surface area contributed by atoms with E-state index in [9.17, 15) is 14.7 Å². The molecule has 5 aromatic rings. The molecule has 3 aromatic heterocycles. The Balaban J connectivity index is 1.03. The first-order valence-electron chi connectivity index (χ1n) is 16.0. The number of piperidine rings is 2. The van der Waals surface area contributed by atoms with Crippen LogP contribution in [0.5, 0.6) is 0 Å². The zero-order valence-corrected chi connectivity index (χ0v) is 26.1. The van der Waals surface area contributed by atoms with Crippen LogP contribution in [-0.4, -0.2) is 76.7 Å². The van der Waals surface area contributed by atoms with Gasteiger partial charge in [-0.1, -0.05) is 48.5 Å². The number of likely N-dealkylation sites (tertiary alicyclic amines) is 2. The van der Waals surface area contributed by atoms with Crippen molar-refractivity contribution in [2.24, 2.45) is 13.0 Å². The largest absolute Gasteiger partial charge is 0.388 e. The SMILES string of the molecule is Cn1ccc2c(=O)n(CC3(O)CCN(C(=O)[C@@H]4CCN(Cc5cccc(-c6cncnc6)c5)C[C@H]4c4ccccc4)CC3)cnc21. The zero-order valence-electron chi connectivity index (χ0n) is 26.1. The number of rotatable bonds is 7. The van der Waals surface area contributed by atoms with Crippen molar-refractivity contribution in [3.8, 4) is 11.1 Å². The lowest BCUT2D eigenvalue weighted by atomic mass is 9.79. The van der Waals surface area contributed by atoms with E-state index in [2.05, 4.69) is 56.3 Å². The Bertz CT molecular complexity index is 1880. The van der Waals surface area contributed by atoms with E-state index in [-0.39, 0.29) is 29.8 Å². The number of nitrogens with zero attached hydrogens (tertiary/aromatic N) is 7. The van der Waals surface area contributed by atoms with E-state index in [0.717, 1.165) is 37.2 Å². The number of hydrogen-bond donors (Lipinski definition) is 1. The number of amides is 1. The molecule has 0 aliphatic carbocycles. The molecule has 0 spiro atoms. The molecule has 236 valence electrons. The molecular formula is C36H39N7O3.